The second-order valence-electron chi connectivity index (χ2n) is 11.5. The Kier molecular flexibility index (Phi) is 15.0. The van der Waals surface area contributed by atoms with Crippen molar-refractivity contribution in [1.82, 2.24) is 29.9 Å². The summed E-state index contributed by atoms with van der Waals surface area (Å²) in [5, 5.41) is 25.8. The van der Waals surface area contributed by atoms with Crippen LogP contribution in [-0.4, -0.2) is 105 Å². The van der Waals surface area contributed by atoms with Gasteiger partial charge < -0.3 is 41.3 Å². The second-order valence-corrected chi connectivity index (χ2v) is 11.5. The van der Waals surface area contributed by atoms with Crippen LogP contribution in [0.1, 0.15) is 67.7 Å². The van der Waals surface area contributed by atoms with E-state index in [1.165, 1.54) is 20.5 Å². The molecule has 0 spiro atoms. The number of aromatic nitrogens is 6. The molecule has 2 aromatic rings. The maximum absolute atomic E-state index is 11.8. The van der Waals surface area contributed by atoms with Gasteiger partial charge in [0.25, 0.3) is 0 Å². The summed E-state index contributed by atoms with van der Waals surface area (Å²) in [7, 11) is 3.47. The monoisotopic (exact) mass is 604 g/mol. The molecule has 242 valence electrons. The van der Waals surface area contributed by atoms with Gasteiger partial charge in [0.1, 0.15) is 0 Å². The van der Waals surface area contributed by atoms with Crippen molar-refractivity contribution < 1.29 is 14.6 Å². The van der Waals surface area contributed by atoms with Crippen molar-refractivity contribution in [2.24, 2.45) is 5.92 Å². The van der Waals surface area contributed by atoms with Gasteiger partial charge in [-0.05, 0) is 47.0 Å². The van der Waals surface area contributed by atoms with Crippen molar-refractivity contribution in [1.29, 1.82) is 0 Å². The average Bonchev–Trinajstić information content (AvgIpc) is 2.93. The van der Waals surface area contributed by atoms with Crippen molar-refractivity contribution in [2.75, 3.05) is 71.9 Å². The van der Waals surface area contributed by atoms with E-state index >= 15 is 0 Å². The van der Waals surface area contributed by atoms with Crippen molar-refractivity contribution in [3.8, 4) is 0 Å². The van der Waals surface area contributed by atoms with E-state index in [2.05, 4.69) is 91.1 Å². The summed E-state index contributed by atoms with van der Waals surface area (Å²) in [5.74, 6) is 2.97. The number of carbonyl (C=O) groups excluding carboxylic acids is 1. The predicted octanol–water partition coefficient (Wildman–Crippen LogP) is 2.86. The number of aliphatic hydroxyl groups is 1. The third-order valence-electron chi connectivity index (χ3n) is 6.64. The Bertz CT molecular complexity index is 1120. The quantitative estimate of drug-likeness (QED) is 0.114. The molecule has 0 aliphatic carbocycles. The zero-order valence-electron chi connectivity index (χ0n) is 27.2. The molecule has 0 aliphatic rings. The summed E-state index contributed by atoms with van der Waals surface area (Å²) in [4.78, 5) is 40.8. The maximum Gasteiger partial charge on any atom is 0.231 e. The van der Waals surface area contributed by atoms with Crippen LogP contribution in [0.5, 0.6) is 0 Å². The third kappa shape index (κ3) is 13.5. The molecule has 0 saturated carbocycles. The fourth-order valence-corrected chi connectivity index (χ4v) is 3.72. The van der Waals surface area contributed by atoms with Gasteiger partial charge in [-0.15, -0.1) is 0 Å². The summed E-state index contributed by atoms with van der Waals surface area (Å²) < 4.78 is 4.97. The molecule has 2 rings (SSSR count). The lowest BCUT2D eigenvalue weighted by molar-refractivity contribution is -0.117. The zero-order valence-corrected chi connectivity index (χ0v) is 27.2. The number of nitrogens with zero attached hydrogens (tertiary/aromatic N) is 7. The fraction of sp³-hybridized carbons (Fsp3) is 0.750. The minimum absolute atomic E-state index is 0.0530. The van der Waals surface area contributed by atoms with E-state index < -0.39 is 12.1 Å². The van der Waals surface area contributed by atoms with Gasteiger partial charge in [-0.25, -0.2) is 0 Å². The molecule has 0 saturated heterocycles. The number of rotatable bonds is 21. The number of anilines is 6. The highest BCUT2D eigenvalue weighted by Crippen LogP contribution is 2.17. The minimum atomic E-state index is -0.739. The van der Waals surface area contributed by atoms with Gasteiger partial charge >= 0.3 is 0 Å². The van der Waals surface area contributed by atoms with E-state index in [0.717, 1.165) is 12.8 Å². The summed E-state index contributed by atoms with van der Waals surface area (Å²) in [6.07, 6.45) is 2.62. The standard InChI is InChI=1S/C28H52N12O3/c1-17(2)11-10-12-19(5)32-26-36-24(38-28(39-26)40(8)18(3)4)30-14-13-29-23-34-25(31-15-22(42)16-43-9)37-27(35-23)33-20(6)21(7)41/h17-20,22,42H,10-16H2,1-9H3,(H2,30,32,36,38,39)(H3,29,31,33,34,35,37). The smallest absolute Gasteiger partial charge is 0.231 e. The van der Waals surface area contributed by atoms with Crippen molar-refractivity contribution in [3.63, 3.8) is 0 Å². The Morgan fingerprint density at radius 2 is 1.35 bits per heavy atom. The van der Waals surface area contributed by atoms with Crippen LogP contribution in [0.15, 0.2) is 0 Å². The maximum atomic E-state index is 11.8. The molecular formula is C28H52N12O3. The topological polar surface area (TPSA) is 187 Å². The third-order valence-corrected chi connectivity index (χ3v) is 6.64. The number of ketones is 1. The summed E-state index contributed by atoms with van der Waals surface area (Å²) >= 11 is 0. The zero-order chi connectivity index (χ0) is 31.9. The van der Waals surface area contributed by atoms with Crippen LogP contribution in [0.4, 0.5) is 35.7 Å². The number of methoxy groups -OCH3 is 1. The SMILES string of the molecule is COCC(O)CNc1nc(NCCNc2nc(NC(C)CCCC(C)C)nc(N(C)C(C)C)n2)nc(NC(C)C(C)=O)n1. The van der Waals surface area contributed by atoms with Gasteiger partial charge in [-0.2, -0.15) is 29.9 Å². The van der Waals surface area contributed by atoms with Crippen molar-refractivity contribution >= 4 is 41.5 Å². The number of Topliss-reactive ketones (excluding diaryl/α,β-unsaturated/α-hetero) is 1. The normalized spacial score (nSPS) is 13.4. The lowest BCUT2D eigenvalue weighted by atomic mass is 10.0. The Labute approximate surface area is 255 Å². The largest absolute Gasteiger partial charge is 0.389 e. The summed E-state index contributed by atoms with van der Waals surface area (Å²) in [6.45, 7) is 15.3. The van der Waals surface area contributed by atoms with Gasteiger partial charge in [0.15, 0.2) is 5.78 Å². The number of hydrogen-bond donors (Lipinski definition) is 6. The summed E-state index contributed by atoms with van der Waals surface area (Å²) in [5.41, 5.74) is 0. The Morgan fingerprint density at radius 3 is 1.91 bits per heavy atom. The van der Waals surface area contributed by atoms with Gasteiger partial charge in [-0.1, -0.05) is 26.7 Å². The molecular weight excluding hydrogens is 552 g/mol. The molecule has 0 radical (unpaired) electrons. The lowest BCUT2D eigenvalue weighted by Crippen LogP contribution is -2.29. The molecule has 0 aliphatic heterocycles. The molecule has 15 nitrogen and oxygen atoms in total. The highest BCUT2D eigenvalue weighted by molar-refractivity contribution is 5.83. The molecule has 2 heterocycles. The van der Waals surface area contributed by atoms with Crippen molar-refractivity contribution in [3.05, 3.63) is 0 Å². The lowest BCUT2D eigenvalue weighted by Gasteiger charge is -2.23. The first-order chi connectivity index (χ1) is 20.4. The molecule has 0 amide bonds. The fourth-order valence-electron chi connectivity index (χ4n) is 3.72. The van der Waals surface area contributed by atoms with E-state index in [0.29, 0.717) is 42.8 Å². The average molecular weight is 605 g/mol. The molecule has 0 aromatic carbocycles. The predicted molar refractivity (Wildman–Crippen MR) is 172 cm³/mol. The van der Waals surface area contributed by atoms with E-state index in [1.54, 1.807) is 6.92 Å². The Hall–Kier alpha value is -3.59. The molecule has 6 N–H and O–H groups in total. The number of hydrogen-bond acceptors (Lipinski definition) is 15. The van der Waals surface area contributed by atoms with Crippen LogP contribution in [-0.2, 0) is 9.53 Å². The van der Waals surface area contributed by atoms with Crippen LogP contribution < -0.4 is 31.5 Å². The van der Waals surface area contributed by atoms with Gasteiger partial charge in [-0.3, -0.25) is 4.79 Å². The first-order valence-electron chi connectivity index (χ1n) is 15.0. The molecule has 3 unspecified atom stereocenters. The van der Waals surface area contributed by atoms with E-state index in [9.17, 15) is 9.90 Å². The van der Waals surface area contributed by atoms with Crippen LogP contribution >= 0.6 is 0 Å². The highest BCUT2D eigenvalue weighted by Gasteiger charge is 2.16. The first-order valence-corrected chi connectivity index (χ1v) is 15.0. The van der Waals surface area contributed by atoms with Crippen LogP contribution in [0.3, 0.4) is 0 Å². The molecule has 2 aromatic heterocycles. The van der Waals surface area contributed by atoms with Crippen LogP contribution in [0, 0.1) is 5.92 Å². The molecule has 3 atom stereocenters. The second kappa shape index (κ2) is 18.2. The number of ether oxygens (including phenoxy) is 1. The Morgan fingerprint density at radius 1 is 0.814 bits per heavy atom. The number of carbonyl (C=O) groups is 1. The molecule has 43 heavy (non-hydrogen) atoms. The first kappa shape index (κ1) is 35.6. The van der Waals surface area contributed by atoms with Crippen LogP contribution in [0.25, 0.3) is 0 Å². The number of aliphatic hydroxyl groups excluding tert-OH is 1. The van der Waals surface area contributed by atoms with E-state index in [4.69, 9.17) is 4.74 Å². The minimum Gasteiger partial charge on any atom is -0.389 e. The van der Waals surface area contributed by atoms with E-state index in [-0.39, 0.29) is 42.9 Å². The number of nitrogens with one attached hydrogen (secondary N) is 5. The van der Waals surface area contributed by atoms with Crippen LogP contribution in [0.2, 0.25) is 0 Å². The highest BCUT2D eigenvalue weighted by atomic mass is 16.5. The Balaban J connectivity index is 2.10. The molecule has 15 heteroatoms. The molecule has 0 bridgehead atoms. The van der Waals surface area contributed by atoms with Crippen molar-refractivity contribution in [2.45, 2.75) is 92.0 Å². The molecule has 0 fully saturated rings. The van der Waals surface area contributed by atoms with Gasteiger partial charge in [0, 0.05) is 45.9 Å². The van der Waals surface area contributed by atoms with Gasteiger partial charge in [0.2, 0.25) is 35.7 Å². The summed E-state index contributed by atoms with van der Waals surface area (Å²) in [6, 6.07) is -0.0424. The van der Waals surface area contributed by atoms with E-state index in [1.807, 2.05) is 11.9 Å². The van der Waals surface area contributed by atoms with Gasteiger partial charge in [0.05, 0.1) is 18.8 Å².